The molecule has 1 amide bonds. The highest BCUT2D eigenvalue weighted by Gasteiger charge is 2.38. The molecule has 0 radical (unpaired) electrons. The number of hydrogen-bond donors (Lipinski definition) is 1. The van der Waals surface area contributed by atoms with Crippen LogP contribution in [0.15, 0.2) is 30.3 Å². The molecule has 2 atom stereocenters. The van der Waals surface area contributed by atoms with Gasteiger partial charge in [-0.1, -0.05) is 43.2 Å². The summed E-state index contributed by atoms with van der Waals surface area (Å²) in [5, 5.41) is 18.9. The van der Waals surface area contributed by atoms with Crippen molar-refractivity contribution in [1.82, 2.24) is 4.90 Å². The van der Waals surface area contributed by atoms with E-state index in [1.807, 2.05) is 30.3 Å². The zero-order valence-electron chi connectivity index (χ0n) is 14.0. The SMILES string of the molecule is CC(=O)N(C(CC#N)C1CCCC1)[C@@H](Cc1ccccc1)C(=O)O. The molecule has 0 aliphatic heterocycles. The van der Waals surface area contributed by atoms with E-state index in [4.69, 9.17) is 0 Å². The number of aliphatic carboxylic acids is 1. The van der Waals surface area contributed by atoms with E-state index < -0.39 is 12.0 Å². The molecule has 0 bridgehead atoms. The molecule has 2 rings (SSSR count). The minimum absolute atomic E-state index is 0.183. The Kier molecular flexibility index (Phi) is 6.36. The number of carbonyl (C=O) groups excluding carboxylic acids is 1. The van der Waals surface area contributed by atoms with Crippen molar-refractivity contribution >= 4 is 11.9 Å². The normalized spacial score (nSPS) is 17.0. The van der Waals surface area contributed by atoms with Crippen LogP contribution in [0.5, 0.6) is 0 Å². The Balaban J connectivity index is 2.31. The summed E-state index contributed by atoms with van der Waals surface area (Å²) in [4.78, 5) is 25.7. The van der Waals surface area contributed by atoms with Crippen molar-refractivity contribution in [3.63, 3.8) is 0 Å². The van der Waals surface area contributed by atoms with E-state index in [9.17, 15) is 20.0 Å². The van der Waals surface area contributed by atoms with Crippen LogP contribution >= 0.6 is 0 Å². The number of carboxylic acids is 1. The van der Waals surface area contributed by atoms with E-state index in [-0.39, 0.29) is 30.7 Å². The number of nitriles is 1. The van der Waals surface area contributed by atoms with Crippen molar-refractivity contribution in [2.45, 2.75) is 57.5 Å². The van der Waals surface area contributed by atoms with E-state index in [0.717, 1.165) is 31.2 Å². The number of hydrogen-bond acceptors (Lipinski definition) is 3. The third kappa shape index (κ3) is 4.35. The molecule has 0 saturated heterocycles. The van der Waals surface area contributed by atoms with E-state index in [1.165, 1.54) is 11.8 Å². The molecule has 5 nitrogen and oxygen atoms in total. The maximum absolute atomic E-state index is 12.3. The number of benzene rings is 1. The van der Waals surface area contributed by atoms with Crippen molar-refractivity contribution in [2.24, 2.45) is 5.92 Å². The monoisotopic (exact) mass is 328 g/mol. The second-order valence-electron chi connectivity index (χ2n) is 6.44. The lowest BCUT2D eigenvalue weighted by Gasteiger charge is -2.38. The Morgan fingerprint density at radius 1 is 1.29 bits per heavy atom. The second kappa shape index (κ2) is 8.49. The molecule has 5 heteroatoms. The van der Waals surface area contributed by atoms with Crippen molar-refractivity contribution in [1.29, 1.82) is 5.26 Å². The summed E-state index contributed by atoms with van der Waals surface area (Å²) in [5.41, 5.74) is 0.873. The maximum Gasteiger partial charge on any atom is 0.326 e. The summed E-state index contributed by atoms with van der Waals surface area (Å²) in [6.45, 7) is 1.40. The summed E-state index contributed by atoms with van der Waals surface area (Å²) < 4.78 is 0. The molecule has 0 spiro atoms. The average Bonchev–Trinajstić information content (AvgIpc) is 3.08. The highest BCUT2D eigenvalue weighted by atomic mass is 16.4. The van der Waals surface area contributed by atoms with Crippen LogP contribution in [-0.4, -0.2) is 34.0 Å². The van der Waals surface area contributed by atoms with Crippen LogP contribution < -0.4 is 0 Å². The second-order valence-corrected chi connectivity index (χ2v) is 6.44. The van der Waals surface area contributed by atoms with Gasteiger partial charge in [0.05, 0.1) is 12.5 Å². The first-order chi connectivity index (χ1) is 11.5. The minimum Gasteiger partial charge on any atom is -0.480 e. The van der Waals surface area contributed by atoms with Gasteiger partial charge in [0.25, 0.3) is 0 Å². The molecular formula is C19H24N2O3. The van der Waals surface area contributed by atoms with Gasteiger partial charge in [0, 0.05) is 19.4 Å². The maximum atomic E-state index is 12.3. The lowest BCUT2D eigenvalue weighted by Crippen LogP contribution is -2.53. The molecule has 0 aromatic heterocycles. The van der Waals surface area contributed by atoms with Crippen molar-refractivity contribution < 1.29 is 14.7 Å². The highest BCUT2D eigenvalue weighted by Crippen LogP contribution is 2.33. The van der Waals surface area contributed by atoms with Crippen molar-refractivity contribution in [3.8, 4) is 6.07 Å². The third-order valence-corrected chi connectivity index (χ3v) is 4.86. The summed E-state index contributed by atoms with van der Waals surface area (Å²) in [5.74, 6) is -1.08. The van der Waals surface area contributed by atoms with Gasteiger partial charge in [-0.2, -0.15) is 5.26 Å². The van der Waals surface area contributed by atoms with E-state index in [2.05, 4.69) is 6.07 Å². The summed E-state index contributed by atoms with van der Waals surface area (Å²) in [6, 6.07) is 10.2. The molecule has 1 fully saturated rings. The number of carboxylic acid groups (broad SMARTS) is 1. The largest absolute Gasteiger partial charge is 0.480 e. The molecule has 0 heterocycles. The van der Waals surface area contributed by atoms with E-state index >= 15 is 0 Å². The van der Waals surface area contributed by atoms with Gasteiger partial charge >= 0.3 is 5.97 Å². The summed E-state index contributed by atoms with van der Waals surface area (Å²) in [6.07, 6.45) is 4.50. The van der Waals surface area contributed by atoms with Crippen molar-refractivity contribution in [2.75, 3.05) is 0 Å². The van der Waals surface area contributed by atoms with Crippen LogP contribution in [0.3, 0.4) is 0 Å². The predicted octanol–water partition coefficient (Wildman–Crippen LogP) is 3.00. The molecule has 1 N–H and O–H groups in total. The van der Waals surface area contributed by atoms with Crippen LogP contribution in [-0.2, 0) is 16.0 Å². The summed E-state index contributed by atoms with van der Waals surface area (Å²) >= 11 is 0. The van der Waals surface area contributed by atoms with Crippen LogP contribution in [0.1, 0.15) is 44.6 Å². The average molecular weight is 328 g/mol. The third-order valence-electron chi connectivity index (χ3n) is 4.86. The van der Waals surface area contributed by atoms with Gasteiger partial charge in [-0.3, -0.25) is 4.79 Å². The molecule has 1 aromatic rings. The summed E-state index contributed by atoms with van der Waals surface area (Å²) in [7, 11) is 0. The van der Waals surface area contributed by atoms with Crippen molar-refractivity contribution in [3.05, 3.63) is 35.9 Å². The smallest absolute Gasteiger partial charge is 0.326 e. The Morgan fingerprint density at radius 2 is 1.92 bits per heavy atom. The molecule has 1 aliphatic carbocycles. The van der Waals surface area contributed by atoms with Gasteiger partial charge in [-0.15, -0.1) is 0 Å². The number of carbonyl (C=O) groups is 2. The fourth-order valence-corrected chi connectivity index (χ4v) is 3.75. The first kappa shape index (κ1) is 18.0. The van der Waals surface area contributed by atoms with E-state index in [0.29, 0.717) is 0 Å². The molecule has 1 aliphatic rings. The van der Waals surface area contributed by atoms with Crippen LogP contribution in [0.2, 0.25) is 0 Å². The molecule has 1 aromatic carbocycles. The quantitative estimate of drug-likeness (QED) is 0.834. The molecule has 1 saturated carbocycles. The number of nitrogens with zero attached hydrogens (tertiary/aromatic N) is 2. The van der Waals surface area contributed by atoms with Gasteiger partial charge in [0.2, 0.25) is 5.91 Å². The Hall–Kier alpha value is -2.35. The van der Waals surface area contributed by atoms with Gasteiger partial charge in [0.1, 0.15) is 6.04 Å². The molecular weight excluding hydrogens is 304 g/mol. The molecule has 1 unspecified atom stereocenters. The van der Waals surface area contributed by atoms with Crippen LogP contribution in [0.4, 0.5) is 0 Å². The number of rotatable bonds is 7. The fraction of sp³-hybridized carbons (Fsp3) is 0.526. The first-order valence-electron chi connectivity index (χ1n) is 8.47. The Morgan fingerprint density at radius 3 is 2.42 bits per heavy atom. The number of amides is 1. The zero-order chi connectivity index (χ0) is 17.5. The molecule has 128 valence electrons. The zero-order valence-corrected chi connectivity index (χ0v) is 14.0. The minimum atomic E-state index is -1.02. The Labute approximate surface area is 142 Å². The topological polar surface area (TPSA) is 81.4 Å². The van der Waals surface area contributed by atoms with Gasteiger partial charge in [0.15, 0.2) is 0 Å². The lowest BCUT2D eigenvalue weighted by atomic mass is 9.91. The van der Waals surface area contributed by atoms with Gasteiger partial charge in [-0.05, 0) is 24.3 Å². The standard InChI is InChI=1S/C19H24N2O3/c1-14(22)21(17(11-12-20)16-9-5-6-10-16)18(19(23)24)13-15-7-3-2-4-8-15/h2-4,7-8,16-18H,5-6,9-11,13H2,1H3,(H,23,24)/t17?,18-/m0/s1. The van der Waals surface area contributed by atoms with E-state index in [1.54, 1.807) is 0 Å². The lowest BCUT2D eigenvalue weighted by molar-refractivity contribution is -0.152. The fourth-order valence-electron chi connectivity index (χ4n) is 3.75. The Bertz CT molecular complexity index is 603. The predicted molar refractivity (Wildman–Crippen MR) is 90.1 cm³/mol. The van der Waals surface area contributed by atoms with Crippen LogP contribution in [0, 0.1) is 17.2 Å². The van der Waals surface area contributed by atoms with Gasteiger partial charge < -0.3 is 10.0 Å². The highest BCUT2D eigenvalue weighted by molar-refractivity contribution is 5.83. The van der Waals surface area contributed by atoms with Gasteiger partial charge in [-0.25, -0.2) is 4.79 Å². The molecule has 24 heavy (non-hydrogen) atoms. The first-order valence-corrected chi connectivity index (χ1v) is 8.47. The van der Waals surface area contributed by atoms with Crippen LogP contribution in [0.25, 0.3) is 0 Å².